The molecule has 0 aromatic carbocycles. The minimum atomic E-state index is -0.395. The quantitative estimate of drug-likeness (QED) is 0.431. The van der Waals surface area contributed by atoms with Crippen molar-refractivity contribution in [2.24, 2.45) is 0 Å². The lowest BCUT2D eigenvalue weighted by atomic mass is 10.0. The highest BCUT2D eigenvalue weighted by molar-refractivity contribution is 4.74. The van der Waals surface area contributed by atoms with Gasteiger partial charge in [-0.25, -0.2) is 0 Å². The average Bonchev–Trinajstić information content (AvgIpc) is 2.40. The molecule has 0 saturated heterocycles. The van der Waals surface area contributed by atoms with Gasteiger partial charge in [-0.2, -0.15) is 5.26 Å². The third-order valence-electron chi connectivity index (χ3n) is 3.72. The van der Waals surface area contributed by atoms with Crippen molar-refractivity contribution in [3.05, 3.63) is 0 Å². The SMILES string of the molecule is CCCCCCCCCCCCCCC(O)CC#N. The molecule has 0 amide bonds. The summed E-state index contributed by atoms with van der Waals surface area (Å²) in [7, 11) is 0. The van der Waals surface area contributed by atoms with E-state index in [1.54, 1.807) is 0 Å². The van der Waals surface area contributed by atoms with Crippen LogP contribution in [0, 0.1) is 11.3 Å². The normalized spacial score (nSPS) is 12.3. The van der Waals surface area contributed by atoms with E-state index in [2.05, 4.69) is 6.92 Å². The molecule has 0 heterocycles. The second-order valence-corrected chi connectivity index (χ2v) is 5.69. The Balaban J connectivity index is 3.01. The summed E-state index contributed by atoms with van der Waals surface area (Å²) >= 11 is 0. The van der Waals surface area contributed by atoms with Crippen molar-refractivity contribution in [1.29, 1.82) is 5.26 Å². The van der Waals surface area contributed by atoms with Gasteiger partial charge < -0.3 is 5.11 Å². The van der Waals surface area contributed by atoms with Crippen LogP contribution >= 0.6 is 0 Å². The molecule has 0 aliphatic carbocycles. The molecule has 1 atom stereocenters. The molecule has 0 fully saturated rings. The standard InChI is InChI=1S/C17H33NO/c1-2-3-4-5-6-7-8-9-10-11-12-13-14-17(19)15-16-18/h17,19H,2-15H2,1H3. The topological polar surface area (TPSA) is 44.0 Å². The lowest BCUT2D eigenvalue weighted by Crippen LogP contribution is -2.04. The van der Waals surface area contributed by atoms with Crippen LogP contribution in [0.25, 0.3) is 0 Å². The minimum absolute atomic E-state index is 0.290. The molecular formula is C17H33NO. The molecule has 112 valence electrons. The number of hydrogen-bond acceptors (Lipinski definition) is 2. The number of hydrogen-bond donors (Lipinski definition) is 1. The van der Waals surface area contributed by atoms with E-state index in [1.807, 2.05) is 6.07 Å². The van der Waals surface area contributed by atoms with Crippen LogP contribution in [-0.2, 0) is 0 Å². The van der Waals surface area contributed by atoms with Gasteiger partial charge in [0.05, 0.1) is 18.6 Å². The zero-order valence-electron chi connectivity index (χ0n) is 12.9. The highest BCUT2D eigenvalue weighted by atomic mass is 16.3. The number of aliphatic hydroxyl groups is 1. The van der Waals surface area contributed by atoms with Crippen LogP contribution in [0.2, 0.25) is 0 Å². The monoisotopic (exact) mass is 267 g/mol. The smallest absolute Gasteiger partial charge is 0.0670 e. The van der Waals surface area contributed by atoms with Crippen molar-refractivity contribution in [3.8, 4) is 6.07 Å². The van der Waals surface area contributed by atoms with Gasteiger partial charge in [-0.1, -0.05) is 84.0 Å². The molecule has 0 bridgehead atoms. The molecule has 1 unspecified atom stereocenters. The first kappa shape index (κ1) is 18.4. The van der Waals surface area contributed by atoms with E-state index in [-0.39, 0.29) is 6.42 Å². The maximum Gasteiger partial charge on any atom is 0.0670 e. The van der Waals surface area contributed by atoms with Crippen LogP contribution in [0.5, 0.6) is 0 Å². The minimum Gasteiger partial charge on any atom is -0.392 e. The van der Waals surface area contributed by atoms with Crippen molar-refractivity contribution in [2.75, 3.05) is 0 Å². The van der Waals surface area contributed by atoms with E-state index in [9.17, 15) is 5.11 Å². The van der Waals surface area contributed by atoms with Gasteiger partial charge in [0, 0.05) is 0 Å². The van der Waals surface area contributed by atoms with Crippen molar-refractivity contribution >= 4 is 0 Å². The van der Waals surface area contributed by atoms with Gasteiger partial charge in [-0.3, -0.25) is 0 Å². The molecule has 0 aliphatic heterocycles. The summed E-state index contributed by atoms with van der Waals surface area (Å²) in [4.78, 5) is 0. The van der Waals surface area contributed by atoms with Crippen molar-refractivity contribution < 1.29 is 5.11 Å². The highest BCUT2D eigenvalue weighted by Crippen LogP contribution is 2.13. The number of nitriles is 1. The predicted octanol–water partition coefficient (Wildman–Crippen LogP) is 5.35. The highest BCUT2D eigenvalue weighted by Gasteiger charge is 2.01. The van der Waals surface area contributed by atoms with Crippen LogP contribution in [0.15, 0.2) is 0 Å². The lowest BCUT2D eigenvalue weighted by molar-refractivity contribution is 0.165. The van der Waals surface area contributed by atoms with Crippen LogP contribution < -0.4 is 0 Å². The molecule has 0 spiro atoms. The first-order valence-electron chi connectivity index (χ1n) is 8.36. The zero-order chi connectivity index (χ0) is 14.2. The Kier molecular flexibility index (Phi) is 15.1. The fourth-order valence-corrected chi connectivity index (χ4v) is 2.43. The van der Waals surface area contributed by atoms with E-state index in [0.29, 0.717) is 0 Å². The number of nitrogens with zero attached hydrogens (tertiary/aromatic N) is 1. The Morgan fingerprint density at radius 1 is 0.789 bits per heavy atom. The van der Waals surface area contributed by atoms with Crippen LogP contribution in [-0.4, -0.2) is 11.2 Å². The van der Waals surface area contributed by atoms with Crippen LogP contribution in [0.4, 0.5) is 0 Å². The largest absolute Gasteiger partial charge is 0.392 e. The maximum absolute atomic E-state index is 9.39. The number of rotatable bonds is 14. The zero-order valence-corrected chi connectivity index (χ0v) is 12.9. The van der Waals surface area contributed by atoms with Crippen LogP contribution in [0.1, 0.15) is 96.8 Å². The van der Waals surface area contributed by atoms with Gasteiger partial charge in [-0.15, -0.1) is 0 Å². The van der Waals surface area contributed by atoms with Gasteiger partial charge in [-0.05, 0) is 6.42 Å². The Labute approximate surface area is 120 Å². The van der Waals surface area contributed by atoms with E-state index >= 15 is 0 Å². The molecule has 1 N–H and O–H groups in total. The molecule has 2 heteroatoms. The maximum atomic E-state index is 9.39. The molecule has 2 nitrogen and oxygen atoms in total. The summed E-state index contributed by atoms with van der Waals surface area (Å²) < 4.78 is 0. The summed E-state index contributed by atoms with van der Waals surface area (Å²) in [6.07, 6.45) is 16.8. The number of unbranched alkanes of at least 4 members (excludes halogenated alkanes) is 11. The molecule has 0 aliphatic rings. The third kappa shape index (κ3) is 15.4. The summed E-state index contributed by atoms with van der Waals surface area (Å²) in [6.45, 7) is 2.26. The summed E-state index contributed by atoms with van der Waals surface area (Å²) in [5, 5.41) is 17.8. The van der Waals surface area contributed by atoms with E-state index in [0.717, 1.165) is 12.8 Å². The van der Waals surface area contributed by atoms with Crippen LogP contribution in [0.3, 0.4) is 0 Å². The van der Waals surface area contributed by atoms with Crippen molar-refractivity contribution in [1.82, 2.24) is 0 Å². The molecular weight excluding hydrogens is 234 g/mol. The van der Waals surface area contributed by atoms with Crippen molar-refractivity contribution in [3.63, 3.8) is 0 Å². The van der Waals surface area contributed by atoms with Gasteiger partial charge in [0.25, 0.3) is 0 Å². The number of aliphatic hydroxyl groups excluding tert-OH is 1. The Morgan fingerprint density at radius 2 is 1.21 bits per heavy atom. The second-order valence-electron chi connectivity index (χ2n) is 5.69. The Bertz CT molecular complexity index is 210. The molecule has 19 heavy (non-hydrogen) atoms. The molecule has 0 saturated carbocycles. The molecule has 0 radical (unpaired) electrons. The van der Waals surface area contributed by atoms with Gasteiger partial charge in [0.1, 0.15) is 0 Å². The molecule has 0 aromatic rings. The van der Waals surface area contributed by atoms with Gasteiger partial charge in [0.2, 0.25) is 0 Å². The predicted molar refractivity (Wildman–Crippen MR) is 81.9 cm³/mol. The van der Waals surface area contributed by atoms with Gasteiger partial charge >= 0.3 is 0 Å². The fraction of sp³-hybridized carbons (Fsp3) is 0.941. The summed E-state index contributed by atoms with van der Waals surface area (Å²) in [5.41, 5.74) is 0. The third-order valence-corrected chi connectivity index (χ3v) is 3.72. The first-order valence-corrected chi connectivity index (χ1v) is 8.36. The fourth-order valence-electron chi connectivity index (χ4n) is 2.43. The Hall–Kier alpha value is -0.550. The summed E-state index contributed by atoms with van der Waals surface area (Å²) in [5.74, 6) is 0. The molecule has 0 rings (SSSR count). The molecule has 0 aromatic heterocycles. The first-order chi connectivity index (χ1) is 9.31. The van der Waals surface area contributed by atoms with E-state index in [1.165, 1.54) is 70.6 Å². The average molecular weight is 267 g/mol. The van der Waals surface area contributed by atoms with Gasteiger partial charge in [0.15, 0.2) is 0 Å². The summed E-state index contributed by atoms with van der Waals surface area (Å²) in [6, 6.07) is 2.01. The van der Waals surface area contributed by atoms with Crippen molar-refractivity contribution in [2.45, 2.75) is 103 Å². The Morgan fingerprint density at radius 3 is 1.63 bits per heavy atom. The second kappa shape index (κ2) is 15.5. The van der Waals surface area contributed by atoms with E-state index < -0.39 is 6.10 Å². The lowest BCUT2D eigenvalue weighted by Gasteiger charge is -2.05. The van der Waals surface area contributed by atoms with E-state index in [4.69, 9.17) is 5.26 Å².